The van der Waals surface area contributed by atoms with E-state index in [4.69, 9.17) is 0 Å². The molecule has 4 atom stereocenters. The lowest BCUT2D eigenvalue weighted by Gasteiger charge is -2.28. The van der Waals surface area contributed by atoms with E-state index in [-0.39, 0.29) is 5.54 Å². The van der Waals surface area contributed by atoms with Gasteiger partial charge in [-0.05, 0) is 57.8 Å². The lowest BCUT2D eigenvalue weighted by Crippen LogP contribution is -2.47. The average Bonchev–Trinajstić information content (AvgIpc) is 3.00. The van der Waals surface area contributed by atoms with Gasteiger partial charge in [-0.1, -0.05) is 6.42 Å². The Morgan fingerprint density at radius 2 is 1.89 bits per heavy atom. The van der Waals surface area contributed by atoms with Gasteiger partial charge in [0.1, 0.15) is 5.54 Å². The van der Waals surface area contributed by atoms with Crippen molar-refractivity contribution in [3.8, 4) is 6.07 Å². The van der Waals surface area contributed by atoms with E-state index in [2.05, 4.69) is 30.1 Å². The number of rotatable bonds is 3. The first-order valence-corrected chi connectivity index (χ1v) is 8.05. The molecule has 19 heavy (non-hydrogen) atoms. The van der Waals surface area contributed by atoms with E-state index in [9.17, 15) is 5.26 Å². The summed E-state index contributed by atoms with van der Waals surface area (Å²) in [5, 5.41) is 13.1. The van der Waals surface area contributed by atoms with E-state index in [0.717, 1.165) is 24.7 Å². The second-order valence-electron chi connectivity index (χ2n) is 7.29. The summed E-state index contributed by atoms with van der Waals surface area (Å²) >= 11 is 0. The van der Waals surface area contributed by atoms with Crippen LogP contribution in [0, 0.1) is 23.2 Å². The highest BCUT2D eigenvalue weighted by molar-refractivity contribution is 5.14. The molecule has 0 aromatic carbocycles. The molecule has 3 heteroatoms. The standard InChI is InChI=1S/C16H27N3/c1-12(2)18-16(11-17)7-6-15(8-16)19-9-13-4-3-5-14(13)10-19/h12-15,18H,3-10H2,1-2H3. The third-order valence-electron chi connectivity index (χ3n) is 5.54. The molecule has 0 aromatic rings. The molecule has 0 amide bonds. The summed E-state index contributed by atoms with van der Waals surface area (Å²) in [7, 11) is 0. The van der Waals surface area contributed by atoms with Gasteiger partial charge in [-0.3, -0.25) is 10.2 Å². The van der Waals surface area contributed by atoms with Gasteiger partial charge in [-0.25, -0.2) is 0 Å². The second-order valence-corrected chi connectivity index (χ2v) is 7.29. The molecule has 2 aliphatic carbocycles. The van der Waals surface area contributed by atoms with E-state index < -0.39 is 0 Å². The summed E-state index contributed by atoms with van der Waals surface area (Å²) in [4.78, 5) is 2.70. The Balaban J connectivity index is 1.61. The number of hydrogen-bond donors (Lipinski definition) is 1. The minimum absolute atomic E-state index is 0.253. The predicted octanol–water partition coefficient (Wildman–Crippen LogP) is 2.53. The fourth-order valence-electron chi connectivity index (χ4n) is 4.72. The Hall–Kier alpha value is -0.590. The Kier molecular flexibility index (Phi) is 3.57. The fraction of sp³-hybridized carbons (Fsp3) is 0.938. The van der Waals surface area contributed by atoms with Gasteiger partial charge in [-0.2, -0.15) is 5.26 Å². The molecule has 0 radical (unpaired) electrons. The summed E-state index contributed by atoms with van der Waals surface area (Å²) in [6.45, 7) is 6.90. The van der Waals surface area contributed by atoms with Crippen LogP contribution in [-0.2, 0) is 0 Å². The van der Waals surface area contributed by atoms with Gasteiger partial charge in [-0.15, -0.1) is 0 Å². The number of nitrogens with zero attached hydrogens (tertiary/aromatic N) is 2. The fourth-order valence-corrected chi connectivity index (χ4v) is 4.72. The summed E-state index contributed by atoms with van der Waals surface area (Å²) in [6.07, 6.45) is 7.60. The molecule has 1 saturated heterocycles. The van der Waals surface area contributed by atoms with Gasteiger partial charge >= 0.3 is 0 Å². The van der Waals surface area contributed by atoms with Crippen molar-refractivity contribution < 1.29 is 0 Å². The molecular weight excluding hydrogens is 234 g/mol. The number of nitriles is 1. The van der Waals surface area contributed by atoms with E-state index >= 15 is 0 Å². The van der Waals surface area contributed by atoms with Crippen LogP contribution in [0.15, 0.2) is 0 Å². The zero-order valence-corrected chi connectivity index (χ0v) is 12.4. The number of likely N-dealkylation sites (tertiary alicyclic amines) is 1. The number of nitrogens with one attached hydrogen (secondary N) is 1. The minimum atomic E-state index is -0.253. The maximum atomic E-state index is 9.56. The summed E-state index contributed by atoms with van der Waals surface area (Å²) in [6, 6.07) is 3.62. The molecule has 1 N–H and O–H groups in total. The molecule has 2 saturated carbocycles. The Morgan fingerprint density at radius 3 is 2.47 bits per heavy atom. The SMILES string of the molecule is CC(C)NC1(C#N)CCC(N2CC3CCCC3C2)C1. The zero-order valence-electron chi connectivity index (χ0n) is 12.4. The van der Waals surface area contributed by atoms with Gasteiger partial charge in [0, 0.05) is 25.2 Å². The molecule has 3 nitrogen and oxygen atoms in total. The third-order valence-corrected chi connectivity index (χ3v) is 5.54. The molecule has 1 heterocycles. The van der Waals surface area contributed by atoms with Crippen LogP contribution >= 0.6 is 0 Å². The minimum Gasteiger partial charge on any atom is -0.300 e. The first-order valence-electron chi connectivity index (χ1n) is 8.05. The maximum Gasteiger partial charge on any atom is 0.108 e. The van der Waals surface area contributed by atoms with E-state index in [0.29, 0.717) is 12.1 Å². The van der Waals surface area contributed by atoms with Crippen molar-refractivity contribution in [2.24, 2.45) is 11.8 Å². The van der Waals surface area contributed by atoms with Gasteiger partial charge in [0.25, 0.3) is 0 Å². The van der Waals surface area contributed by atoms with E-state index in [1.165, 1.54) is 38.8 Å². The first-order chi connectivity index (χ1) is 9.12. The Labute approximate surface area is 117 Å². The van der Waals surface area contributed by atoms with Crippen molar-refractivity contribution in [1.82, 2.24) is 10.2 Å². The van der Waals surface area contributed by atoms with Gasteiger partial charge in [0.2, 0.25) is 0 Å². The quantitative estimate of drug-likeness (QED) is 0.848. The zero-order chi connectivity index (χ0) is 13.5. The van der Waals surface area contributed by atoms with Crippen LogP contribution in [0.25, 0.3) is 0 Å². The van der Waals surface area contributed by atoms with Crippen LogP contribution in [0.2, 0.25) is 0 Å². The van der Waals surface area contributed by atoms with Gasteiger partial charge in [0.15, 0.2) is 0 Å². The lowest BCUT2D eigenvalue weighted by molar-refractivity contribution is 0.218. The highest BCUT2D eigenvalue weighted by atomic mass is 15.2. The molecule has 3 fully saturated rings. The molecule has 0 bridgehead atoms. The summed E-state index contributed by atoms with van der Waals surface area (Å²) in [5.41, 5.74) is -0.253. The highest BCUT2D eigenvalue weighted by Crippen LogP contribution is 2.42. The molecule has 1 aliphatic heterocycles. The molecule has 3 rings (SSSR count). The van der Waals surface area contributed by atoms with Crippen molar-refractivity contribution in [3.63, 3.8) is 0 Å². The Bertz CT molecular complexity index is 361. The van der Waals surface area contributed by atoms with Crippen LogP contribution in [0.4, 0.5) is 0 Å². The van der Waals surface area contributed by atoms with Crippen LogP contribution < -0.4 is 5.32 Å². The van der Waals surface area contributed by atoms with Crippen molar-refractivity contribution in [3.05, 3.63) is 0 Å². The van der Waals surface area contributed by atoms with Crippen molar-refractivity contribution in [1.29, 1.82) is 5.26 Å². The van der Waals surface area contributed by atoms with E-state index in [1.54, 1.807) is 0 Å². The first kappa shape index (κ1) is 13.4. The highest BCUT2D eigenvalue weighted by Gasteiger charge is 2.45. The molecule has 0 spiro atoms. The normalized spacial score (nSPS) is 42.7. The topological polar surface area (TPSA) is 39.1 Å². The molecule has 4 unspecified atom stereocenters. The van der Waals surface area contributed by atoms with Gasteiger partial charge in [0.05, 0.1) is 6.07 Å². The number of fused-ring (bicyclic) bond motifs is 1. The monoisotopic (exact) mass is 261 g/mol. The predicted molar refractivity (Wildman–Crippen MR) is 76.7 cm³/mol. The largest absolute Gasteiger partial charge is 0.300 e. The van der Waals surface area contributed by atoms with Gasteiger partial charge < -0.3 is 0 Å². The second kappa shape index (κ2) is 5.07. The van der Waals surface area contributed by atoms with Crippen LogP contribution in [0.5, 0.6) is 0 Å². The summed E-state index contributed by atoms with van der Waals surface area (Å²) in [5.74, 6) is 1.94. The average molecular weight is 261 g/mol. The smallest absolute Gasteiger partial charge is 0.108 e. The van der Waals surface area contributed by atoms with Crippen LogP contribution in [0.1, 0.15) is 52.4 Å². The third kappa shape index (κ3) is 2.53. The molecular formula is C16H27N3. The number of hydrogen-bond acceptors (Lipinski definition) is 3. The Morgan fingerprint density at radius 1 is 1.21 bits per heavy atom. The lowest BCUT2D eigenvalue weighted by atomic mass is 9.98. The molecule has 3 aliphatic rings. The summed E-state index contributed by atoms with van der Waals surface area (Å²) < 4.78 is 0. The van der Waals surface area contributed by atoms with Crippen molar-refractivity contribution in [2.75, 3.05) is 13.1 Å². The van der Waals surface area contributed by atoms with Crippen LogP contribution in [-0.4, -0.2) is 35.6 Å². The van der Waals surface area contributed by atoms with Crippen LogP contribution in [0.3, 0.4) is 0 Å². The molecule has 106 valence electrons. The van der Waals surface area contributed by atoms with Crippen molar-refractivity contribution >= 4 is 0 Å². The maximum absolute atomic E-state index is 9.56. The molecule has 0 aromatic heterocycles. The van der Waals surface area contributed by atoms with E-state index in [1.807, 2.05) is 0 Å². The van der Waals surface area contributed by atoms with Crippen molar-refractivity contribution in [2.45, 2.75) is 70.0 Å².